The first-order valence-corrected chi connectivity index (χ1v) is 7.46. The zero-order valence-electron chi connectivity index (χ0n) is 12.7. The summed E-state index contributed by atoms with van der Waals surface area (Å²) >= 11 is 0. The first-order chi connectivity index (χ1) is 10.1. The van der Waals surface area contributed by atoms with Crippen LogP contribution in [0.2, 0.25) is 0 Å². The van der Waals surface area contributed by atoms with E-state index in [1.807, 2.05) is 11.0 Å². The number of nitrogens with one attached hydrogen (secondary N) is 1. The summed E-state index contributed by atoms with van der Waals surface area (Å²) in [6.45, 7) is 5.30. The number of likely N-dealkylation sites (tertiary alicyclic amines) is 1. The Morgan fingerprint density at radius 1 is 1.45 bits per heavy atom. The van der Waals surface area contributed by atoms with Crippen LogP contribution in [0.5, 0.6) is 0 Å². The van der Waals surface area contributed by atoms with Crippen LogP contribution in [0.15, 0.2) is 22.8 Å². The minimum atomic E-state index is -0.210. The Hall–Kier alpha value is -1.53. The summed E-state index contributed by atoms with van der Waals surface area (Å²) in [7, 11) is 0. The Labute approximate surface area is 136 Å². The summed E-state index contributed by atoms with van der Waals surface area (Å²) in [6.07, 6.45) is 1.92. The van der Waals surface area contributed by atoms with Gasteiger partial charge in [-0.05, 0) is 19.1 Å². The highest BCUT2D eigenvalue weighted by Gasteiger charge is 2.37. The topological polar surface area (TPSA) is 65.8 Å². The highest BCUT2D eigenvalue weighted by molar-refractivity contribution is 5.89. The van der Waals surface area contributed by atoms with Crippen LogP contribution in [0.25, 0.3) is 0 Å². The molecule has 2 fully saturated rings. The number of halogens is 1. The monoisotopic (exact) mass is 327 g/mol. The third-order valence-electron chi connectivity index (χ3n) is 4.17. The predicted molar refractivity (Wildman–Crippen MR) is 83.5 cm³/mol. The first-order valence-electron chi connectivity index (χ1n) is 7.46. The molecule has 2 aliphatic heterocycles. The highest BCUT2D eigenvalue weighted by Crippen LogP contribution is 2.22. The van der Waals surface area contributed by atoms with E-state index in [0.717, 1.165) is 25.4 Å². The molecule has 3 heterocycles. The molecule has 3 rings (SSSR count). The van der Waals surface area contributed by atoms with E-state index in [1.54, 1.807) is 17.2 Å². The second kappa shape index (κ2) is 7.15. The summed E-state index contributed by atoms with van der Waals surface area (Å²) in [5.41, 5.74) is 0. The van der Waals surface area contributed by atoms with Gasteiger partial charge >= 0.3 is 0 Å². The fourth-order valence-corrected chi connectivity index (χ4v) is 3.07. The van der Waals surface area contributed by atoms with Gasteiger partial charge in [0.2, 0.25) is 11.8 Å². The normalized spacial score (nSPS) is 25.2. The van der Waals surface area contributed by atoms with E-state index in [-0.39, 0.29) is 30.1 Å². The molecule has 0 spiro atoms. The fraction of sp³-hybridized carbons (Fsp3) is 0.600. The molecule has 0 saturated carbocycles. The van der Waals surface area contributed by atoms with Gasteiger partial charge in [-0.25, -0.2) is 0 Å². The lowest BCUT2D eigenvalue weighted by Gasteiger charge is -2.33. The van der Waals surface area contributed by atoms with Gasteiger partial charge in [-0.2, -0.15) is 0 Å². The second-order valence-corrected chi connectivity index (χ2v) is 5.89. The molecule has 2 saturated heterocycles. The molecule has 0 aromatic carbocycles. The molecular weight excluding hydrogens is 306 g/mol. The second-order valence-electron chi connectivity index (χ2n) is 5.89. The maximum absolute atomic E-state index is 12.5. The van der Waals surface area contributed by atoms with Crippen molar-refractivity contribution in [2.24, 2.45) is 5.92 Å². The molecule has 2 aliphatic rings. The number of nitrogens with zero attached hydrogens (tertiary/aromatic N) is 2. The molecule has 22 heavy (non-hydrogen) atoms. The van der Waals surface area contributed by atoms with Crippen LogP contribution in [0.4, 0.5) is 0 Å². The Balaban J connectivity index is 0.00000176. The molecular formula is C15H22ClN3O3. The van der Waals surface area contributed by atoms with Gasteiger partial charge in [0.25, 0.3) is 0 Å². The van der Waals surface area contributed by atoms with Crippen LogP contribution >= 0.6 is 12.4 Å². The van der Waals surface area contributed by atoms with E-state index in [9.17, 15) is 9.59 Å². The van der Waals surface area contributed by atoms with E-state index in [1.165, 1.54) is 0 Å². The molecule has 0 radical (unpaired) electrons. The summed E-state index contributed by atoms with van der Waals surface area (Å²) in [5, 5.41) is 3.32. The summed E-state index contributed by atoms with van der Waals surface area (Å²) in [6, 6.07) is 3.97. The third-order valence-corrected chi connectivity index (χ3v) is 4.17. The lowest BCUT2D eigenvalue weighted by Crippen LogP contribution is -2.53. The van der Waals surface area contributed by atoms with Gasteiger partial charge in [0.05, 0.1) is 18.7 Å². The molecule has 6 nitrogen and oxygen atoms in total. The van der Waals surface area contributed by atoms with Crippen LogP contribution in [-0.2, 0) is 16.1 Å². The average Bonchev–Trinajstić information content (AvgIpc) is 3.09. The number of hydrogen-bond donors (Lipinski definition) is 1. The van der Waals surface area contributed by atoms with Gasteiger partial charge in [0, 0.05) is 38.6 Å². The van der Waals surface area contributed by atoms with Crippen molar-refractivity contribution < 1.29 is 14.0 Å². The van der Waals surface area contributed by atoms with Crippen molar-refractivity contribution in [3.63, 3.8) is 0 Å². The van der Waals surface area contributed by atoms with E-state index in [0.29, 0.717) is 25.6 Å². The molecule has 1 aromatic heterocycles. The van der Waals surface area contributed by atoms with Crippen LogP contribution in [0.3, 0.4) is 0 Å². The number of hydrogen-bond acceptors (Lipinski definition) is 4. The number of carbonyl (C=O) groups excluding carboxylic acids is 2. The number of piperazine rings is 1. The Bertz CT molecular complexity index is 520. The smallest absolute Gasteiger partial charge is 0.228 e. The van der Waals surface area contributed by atoms with Crippen molar-refractivity contribution in [1.29, 1.82) is 0 Å². The fourth-order valence-electron chi connectivity index (χ4n) is 3.07. The molecule has 2 amide bonds. The lowest BCUT2D eigenvalue weighted by molar-refractivity contribution is -0.136. The van der Waals surface area contributed by atoms with Crippen molar-refractivity contribution >= 4 is 24.2 Å². The first kappa shape index (κ1) is 16.8. The maximum atomic E-state index is 12.5. The molecule has 1 aromatic rings. The van der Waals surface area contributed by atoms with Crippen molar-refractivity contribution in [3.05, 3.63) is 24.2 Å². The molecule has 0 bridgehead atoms. The Morgan fingerprint density at radius 2 is 2.27 bits per heavy atom. The Morgan fingerprint density at radius 3 is 2.95 bits per heavy atom. The van der Waals surface area contributed by atoms with Crippen LogP contribution < -0.4 is 5.32 Å². The lowest BCUT2D eigenvalue weighted by atomic mass is 10.1. The molecule has 122 valence electrons. The van der Waals surface area contributed by atoms with Gasteiger partial charge in [-0.3, -0.25) is 9.59 Å². The number of rotatable bonds is 3. The average molecular weight is 328 g/mol. The predicted octanol–water partition coefficient (Wildman–Crippen LogP) is 0.870. The molecule has 1 unspecified atom stereocenters. The maximum Gasteiger partial charge on any atom is 0.228 e. The van der Waals surface area contributed by atoms with Crippen LogP contribution in [0.1, 0.15) is 19.1 Å². The van der Waals surface area contributed by atoms with Gasteiger partial charge in [-0.1, -0.05) is 0 Å². The Kier molecular flexibility index (Phi) is 5.47. The standard InChI is InChI=1S/C15H21N3O3.ClH/c1-11-8-17(5-4-16-11)15(20)12-7-14(19)18(9-12)10-13-3-2-6-21-13;/h2-3,6,11-12,16H,4-5,7-10H2,1H3;1H/t11-,12?;/m1./s1. The number of carbonyl (C=O) groups is 2. The minimum Gasteiger partial charge on any atom is -0.467 e. The van der Waals surface area contributed by atoms with E-state index < -0.39 is 0 Å². The summed E-state index contributed by atoms with van der Waals surface area (Å²) < 4.78 is 5.27. The third kappa shape index (κ3) is 3.62. The highest BCUT2D eigenvalue weighted by atomic mass is 35.5. The van der Waals surface area contributed by atoms with Gasteiger partial charge < -0.3 is 19.5 Å². The molecule has 7 heteroatoms. The number of furan rings is 1. The minimum absolute atomic E-state index is 0. The van der Waals surface area contributed by atoms with Crippen molar-refractivity contribution in [2.75, 3.05) is 26.2 Å². The van der Waals surface area contributed by atoms with E-state index in [2.05, 4.69) is 12.2 Å². The van der Waals surface area contributed by atoms with Gasteiger partial charge in [0.1, 0.15) is 5.76 Å². The van der Waals surface area contributed by atoms with E-state index in [4.69, 9.17) is 4.42 Å². The SMILES string of the molecule is C[C@@H]1CN(C(=O)C2CC(=O)N(Cc3ccco3)C2)CCN1.Cl. The zero-order valence-corrected chi connectivity index (χ0v) is 13.5. The van der Waals surface area contributed by atoms with Crippen molar-refractivity contribution in [3.8, 4) is 0 Å². The molecule has 2 atom stereocenters. The summed E-state index contributed by atoms with van der Waals surface area (Å²) in [5.74, 6) is 0.691. The van der Waals surface area contributed by atoms with Crippen molar-refractivity contribution in [1.82, 2.24) is 15.1 Å². The zero-order chi connectivity index (χ0) is 14.8. The van der Waals surface area contributed by atoms with Crippen LogP contribution in [0, 0.1) is 5.92 Å². The number of amides is 2. The summed E-state index contributed by atoms with van der Waals surface area (Å²) in [4.78, 5) is 28.2. The van der Waals surface area contributed by atoms with E-state index >= 15 is 0 Å². The van der Waals surface area contributed by atoms with Gasteiger partial charge in [0.15, 0.2) is 0 Å². The molecule has 1 N–H and O–H groups in total. The largest absolute Gasteiger partial charge is 0.467 e. The van der Waals surface area contributed by atoms with Crippen LogP contribution in [-0.4, -0.2) is 53.8 Å². The van der Waals surface area contributed by atoms with Crippen molar-refractivity contribution in [2.45, 2.75) is 25.9 Å². The quantitative estimate of drug-likeness (QED) is 0.894. The molecule has 0 aliphatic carbocycles. The van der Waals surface area contributed by atoms with Gasteiger partial charge in [-0.15, -0.1) is 12.4 Å².